The molecule has 0 aliphatic carbocycles. The molecule has 0 spiro atoms. The number of rotatable bonds is 7. The van der Waals surface area contributed by atoms with E-state index in [0.29, 0.717) is 0 Å². The van der Waals surface area contributed by atoms with Crippen LogP contribution in [0.2, 0.25) is 0 Å². The second-order valence-electron chi connectivity index (χ2n) is 5.35. The lowest BCUT2D eigenvalue weighted by Gasteiger charge is -2.14. The number of hydrogen-bond donors (Lipinski definition) is 2. The van der Waals surface area contributed by atoms with Crippen LogP contribution in [0.5, 0.6) is 5.75 Å². The van der Waals surface area contributed by atoms with Crippen molar-refractivity contribution in [3.63, 3.8) is 0 Å². The Morgan fingerprint density at radius 2 is 1.62 bits per heavy atom. The number of ether oxygens (including phenoxy) is 1. The van der Waals surface area contributed by atoms with Gasteiger partial charge in [-0.25, -0.2) is 0 Å². The number of nitrogens with one attached hydrogen (secondary N) is 1. The Morgan fingerprint density at radius 3 is 2.29 bits per heavy atom. The maximum absolute atomic E-state index is 9.03. The molecule has 0 saturated heterocycles. The minimum absolute atomic E-state index is 0.0909. The van der Waals surface area contributed by atoms with E-state index in [9.17, 15) is 0 Å². The van der Waals surface area contributed by atoms with Gasteiger partial charge >= 0.3 is 0 Å². The van der Waals surface area contributed by atoms with Gasteiger partial charge in [0.15, 0.2) is 0 Å². The van der Waals surface area contributed by atoms with Gasteiger partial charge in [-0.1, -0.05) is 42.5 Å². The zero-order valence-corrected chi connectivity index (χ0v) is 12.7. The van der Waals surface area contributed by atoms with Crippen LogP contribution in [0.4, 0.5) is 0 Å². The van der Waals surface area contributed by atoms with Crippen molar-refractivity contribution in [3.8, 4) is 5.75 Å². The molecule has 0 atom stereocenters. The van der Waals surface area contributed by atoms with Crippen LogP contribution in [-0.2, 0) is 19.7 Å². The highest BCUT2D eigenvalue weighted by molar-refractivity contribution is 5.33. The number of para-hydroxylation sites is 1. The summed E-state index contributed by atoms with van der Waals surface area (Å²) in [5.41, 5.74) is 3.31. The first kappa shape index (κ1) is 15.5. The van der Waals surface area contributed by atoms with Crippen LogP contribution < -0.4 is 10.1 Å². The van der Waals surface area contributed by atoms with Crippen LogP contribution in [0.3, 0.4) is 0 Å². The molecule has 3 heteroatoms. The summed E-state index contributed by atoms with van der Waals surface area (Å²) >= 11 is 0. The maximum atomic E-state index is 9.03. The molecule has 2 rings (SSSR count). The van der Waals surface area contributed by atoms with Crippen LogP contribution in [-0.4, -0.2) is 11.2 Å². The lowest BCUT2D eigenvalue weighted by atomic mass is 10.1. The lowest BCUT2D eigenvalue weighted by Crippen LogP contribution is -2.15. The fourth-order valence-electron chi connectivity index (χ4n) is 2.12. The fraction of sp³-hybridized carbons (Fsp3) is 0.333. The zero-order chi connectivity index (χ0) is 15.1. The van der Waals surface area contributed by atoms with Gasteiger partial charge in [-0.2, -0.15) is 0 Å². The number of hydrogen-bond acceptors (Lipinski definition) is 3. The summed E-state index contributed by atoms with van der Waals surface area (Å²) in [6.07, 6.45) is 0.178. The van der Waals surface area contributed by atoms with E-state index in [4.69, 9.17) is 9.84 Å². The van der Waals surface area contributed by atoms with Gasteiger partial charge in [0, 0.05) is 18.7 Å². The molecule has 0 aliphatic heterocycles. The molecule has 112 valence electrons. The average molecular weight is 285 g/mol. The van der Waals surface area contributed by atoms with Crippen LogP contribution in [0.1, 0.15) is 30.5 Å². The first-order valence-electron chi connectivity index (χ1n) is 7.33. The molecule has 0 saturated carbocycles. The lowest BCUT2D eigenvalue weighted by molar-refractivity contribution is 0.239. The van der Waals surface area contributed by atoms with Crippen molar-refractivity contribution in [2.75, 3.05) is 0 Å². The van der Waals surface area contributed by atoms with Crippen molar-refractivity contribution < 1.29 is 9.84 Å². The molecule has 0 unspecified atom stereocenters. The van der Waals surface area contributed by atoms with Gasteiger partial charge in [0.2, 0.25) is 0 Å². The van der Waals surface area contributed by atoms with Gasteiger partial charge in [-0.05, 0) is 31.0 Å². The van der Waals surface area contributed by atoms with Gasteiger partial charge in [-0.15, -0.1) is 0 Å². The van der Waals surface area contributed by atoms with Crippen LogP contribution >= 0.6 is 0 Å². The molecular weight excluding hydrogens is 262 g/mol. The monoisotopic (exact) mass is 285 g/mol. The molecule has 0 aromatic heterocycles. The minimum Gasteiger partial charge on any atom is -0.491 e. The van der Waals surface area contributed by atoms with Crippen LogP contribution in [0.15, 0.2) is 48.5 Å². The Labute approximate surface area is 126 Å². The Balaban J connectivity index is 1.90. The van der Waals surface area contributed by atoms with Crippen molar-refractivity contribution >= 4 is 0 Å². The number of benzene rings is 2. The second kappa shape index (κ2) is 7.81. The molecule has 0 heterocycles. The molecule has 0 aliphatic rings. The van der Waals surface area contributed by atoms with Crippen molar-refractivity contribution in [2.45, 2.75) is 39.6 Å². The van der Waals surface area contributed by atoms with Gasteiger partial charge in [0.1, 0.15) is 5.75 Å². The Bertz CT molecular complexity index is 549. The zero-order valence-electron chi connectivity index (χ0n) is 12.7. The predicted molar refractivity (Wildman–Crippen MR) is 85.1 cm³/mol. The van der Waals surface area contributed by atoms with Gasteiger partial charge in [0.05, 0.1) is 12.7 Å². The SMILES string of the molecule is CC(C)Oc1ccccc1CNCc1ccc(CO)cc1. The van der Waals surface area contributed by atoms with Crippen molar-refractivity contribution in [3.05, 3.63) is 65.2 Å². The van der Waals surface area contributed by atoms with Crippen molar-refractivity contribution in [1.29, 1.82) is 0 Å². The second-order valence-corrected chi connectivity index (χ2v) is 5.35. The molecule has 0 amide bonds. The van der Waals surface area contributed by atoms with Crippen LogP contribution in [0.25, 0.3) is 0 Å². The van der Waals surface area contributed by atoms with E-state index in [2.05, 4.69) is 11.4 Å². The third kappa shape index (κ3) is 4.88. The maximum Gasteiger partial charge on any atom is 0.124 e. The van der Waals surface area contributed by atoms with E-state index in [0.717, 1.165) is 30.0 Å². The highest BCUT2D eigenvalue weighted by atomic mass is 16.5. The van der Waals surface area contributed by atoms with Gasteiger partial charge in [0.25, 0.3) is 0 Å². The molecular formula is C18H23NO2. The number of aliphatic hydroxyl groups excluding tert-OH is 1. The molecule has 3 nitrogen and oxygen atoms in total. The van der Waals surface area contributed by atoms with Crippen molar-refractivity contribution in [2.24, 2.45) is 0 Å². The summed E-state index contributed by atoms with van der Waals surface area (Å²) in [5, 5.41) is 12.5. The Kier molecular flexibility index (Phi) is 5.78. The van der Waals surface area contributed by atoms with E-state index < -0.39 is 0 Å². The van der Waals surface area contributed by atoms with E-state index >= 15 is 0 Å². The molecule has 0 fully saturated rings. The van der Waals surface area contributed by atoms with E-state index in [-0.39, 0.29) is 12.7 Å². The van der Waals surface area contributed by atoms with Gasteiger partial charge < -0.3 is 15.2 Å². The molecule has 0 bridgehead atoms. The average Bonchev–Trinajstić information content (AvgIpc) is 2.49. The standard InChI is InChI=1S/C18H23NO2/c1-14(2)21-18-6-4-3-5-17(18)12-19-11-15-7-9-16(13-20)10-8-15/h3-10,14,19-20H,11-13H2,1-2H3. The third-order valence-electron chi connectivity index (χ3n) is 3.19. The van der Waals surface area contributed by atoms with Crippen LogP contribution in [0, 0.1) is 0 Å². The summed E-state index contributed by atoms with van der Waals surface area (Å²) in [6.45, 7) is 5.72. The summed E-state index contributed by atoms with van der Waals surface area (Å²) in [7, 11) is 0. The Morgan fingerprint density at radius 1 is 0.952 bits per heavy atom. The summed E-state index contributed by atoms with van der Waals surface area (Å²) in [4.78, 5) is 0. The first-order chi connectivity index (χ1) is 10.2. The molecule has 2 aromatic carbocycles. The summed E-state index contributed by atoms with van der Waals surface area (Å²) < 4.78 is 5.81. The first-order valence-corrected chi connectivity index (χ1v) is 7.33. The Hall–Kier alpha value is -1.84. The largest absolute Gasteiger partial charge is 0.491 e. The smallest absolute Gasteiger partial charge is 0.124 e. The molecule has 2 aromatic rings. The minimum atomic E-state index is 0.0909. The quantitative estimate of drug-likeness (QED) is 0.820. The molecule has 21 heavy (non-hydrogen) atoms. The topological polar surface area (TPSA) is 41.5 Å². The van der Waals surface area contributed by atoms with Gasteiger partial charge in [-0.3, -0.25) is 0 Å². The summed E-state index contributed by atoms with van der Waals surface area (Å²) in [6, 6.07) is 16.1. The highest BCUT2D eigenvalue weighted by Gasteiger charge is 2.04. The van der Waals surface area contributed by atoms with Crippen molar-refractivity contribution in [1.82, 2.24) is 5.32 Å². The third-order valence-corrected chi connectivity index (χ3v) is 3.19. The fourth-order valence-corrected chi connectivity index (χ4v) is 2.12. The van der Waals surface area contributed by atoms with E-state index in [1.54, 1.807) is 0 Å². The normalized spacial score (nSPS) is 10.9. The highest BCUT2D eigenvalue weighted by Crippen LogP contribution is 2.19. The molecule has 0 radical (unpaired) electrons. The van der Waals surface area contributed by atoms with E-state index in [1.165, 1.54) is 5.56 Å². The number of aliphatic hydroxyl groups is 1. The van der Waals surface area contributed by atoms with E-state index in [1.807, 2.05) is 56.3 Å². The summed E-state index contributed by atoms with van der Waals surface area (Å²) in [5.74, 6) is 0.940. The predicted octanol–water partition coefficient (Wildman–Crippen LogP) is 3.26. The molecule has 2 N–H and O–H groups in total.